The lowest BCUT2D eigenvalue weighted by molar-refractivity contribution is -0.115. The summed E-state index contributed by atoms with van der Waals surface area (Å²) >= 11 is 6.14. The molecule has 0 bridgehead atoms. The van der Waals surface area contributed by atoms with Gasteiger partial charge in [0.05, 0.1) is 29.4 Å². The predicted octanol–water partition coefficient (Wildman–Crippen LogP) is 4.59. The van der Waals surface area contributed by atoms with Crippen molar-refractivity contribution in [1.29, 1.82) is 0 Å². The highest BCUT2D eigenvalue weighted by Gasteiger charge is 2.15. The van der Waals surface area contributed by atoms with E-state index >= 15 is 0 Å². The Balaban J connectivity index is 1.70. The van der Waals surface area contributed by atoms with Crippen LogP contribution in [-0.4, -0.2) is 23.3 Å². The van der Waals surface area contributed by atoms with Crippen molar-refractivity contribution in [2.45, 2.75) is 13.3 Å². The molecule has 29 heavy (non-hydrogen) atoms. The van der Waals surface area contributed by atoms with E-state index in [9.17, 15) is 9.59 Å². The molecule has 0 aliphatic carbocycles. The number of carbonyl (C=O) groups is 2. The van der Waals surface area contributed by atoms with Crippen LogP contribution in [0.25, 0.3) is 11.1 Å². The summed E-state index contributed by atoms with van der Waals surface area (Å²) in [5.41, 5.74) is 8.78. The topological polar surface area (TPSA) is 94.3 Å². The van der Waals surface area contributed by atoms with E-state index in [2.05, 4.69) is 10.3 Å². The van der Waals surface area contributed by atoms with E-state index in [1.165, 1.54) is 6.07 Å². The fourth-order valence-corrected chi connectivity index (χ4v) is 3.01. The molecule has 3 N–H and O–H groups in total. The third kappa shape index (κ3) is 5.12. The van der Waals surface area contributed by atoms with E-state index in [-0.39, 0.29) is 12.2 Å². The van der Waals surface area contributed by atoms with Crippen LogP contribution in [0, 0.1) is 0 Å². The van der Waals surface area contributed by atoms with Crippen molar-refractivity contribution in [3.8, 4) is 16.9 Å². The number of ketones is 1. The molecule has 0 saturated heterocycles. The lowest BCUT2D eigenvalue weighted by Crippen LogP contribution is -2.17. The maximum atomic E-state index is 12.6. The van der Waals surface area contributed by atoms with Gasteiger partial charge in [-0.1, -0.05) is 35.9 Å². The molecule has 0 atom stereocenters. The predicted molar refractivity (Wildman–Crippen MR) is 114 cm³/mol. The van der Waals surface area contributed by atoms with Crippen molar-refractivity contribution < 1.29 is 14.3 Å². The van der Waals surface area contributed by atoms with E-state index < -0.39 is 5.91 Å². The van der Waals surface area contributed by atoms with Crippen LogP contribution in [0.3, 0.4) is 0 Å². The average Bonchev–Trinajstić information content (AvgIpc) is 2.72. The second-order valence-electron chi connectivity index (χ2n) is 6.27. The van der Waals surface area contributed by atoms with Gasteiger partial charge in [0.25, 0.3) is 0 Å². The minimum absolute atomic E-state index is 0.302. The van der Waals surface area contributed by atoms with Crippen LogP contribution in [-0.2, 0) is 4.79 Å². The summed E-state index contributed by atoms with van der Waals surface area (Å²) in [6, 6.07) is 13.9. The monoisotopic (exact) mass is 409 g/mol. The summed E-state index contributed by atoms with van der Waals surface area (Å²) in [5.74, 6) is -0.342. The molecule has 0 aliphatic heterocycles. The number of nitrogens with zero attached hydrogens (tertiary/aromatic N) is 1. The number of amides is 1. The maximum absolute atomic E-state index is 12.6. The molecule has 0 aliphatic rings. The molecule has 7 heteroatoms. The van der Waals surface area contributed by atoms with Gasteiger partial charge in [0, 0.05) is 29.6 Å². The van der Waals surface area contributed by atoms with Crippen molar-refractivity contribution in [3.05, 3.63) is 71.5 Å². The van der Waals surface area contributed by atoms with Crippen molar-refractivity contribution in [2.24, 2.45) is 0 Å². The standard InChI is InChI=1S/C22H20ClN3O3/c1-2-29-21-11-18(24)19(10-17(21)23)26-22(28)12-20(27)15-6-3-5-14(9-15)16-7-4-8-25-13-16/h3-11,13H,2,12,24H2,1H3,(H,26,28). The molecular weight excluding hydrogens is 390 g/mol. The first-order valence-corrected chi connectivity index (χ1v) is 9.41. The molecule has 0 fully saturated rings. The molecule has 0 spiro atoms. The van der Waals surface area contributed by atoms with Gasteiger partial charge in [-0.3, -0.25) is 14.6 Å². The number of pyridine rings is 1. The molecule has 1 amide bonds. The van der Waals surface area contributed by atoms with Crippen molar-refractivity contribution in [1.82, 2.24) is 4.98 Å². The van der Waals surface area contributed by atoms with Crippen molar-refractivity contribution in [2.75, 3.05) is 17.7 Å². The van der Waals surface area contributed by atoms with Gasteiger partial charge >= 0.3 is 0 Å². The van der Waals surface area contributed by atoms with Crippen LogP contribution in [0.4, 0.5) is 11.4 Å². The van der Waals surface area contributed by atoms with Crippen LogP contribution < -0.4 is 15.8 Å². The van der Waals surface area contributed by atoms with Gasteiger partial charge in [0.2, 0.25) is 5.91 Å². The van der Waals surface area contributed by atoms with E-state index in [1.807, 2.05) is 25.1 Å². The van der Waals surface area contributed by atoms with Crippen molar-refractivity contribution in [3.63, 3.8) is 0 Å². The number of ether oxygens (including phenoxy) is 1. The smallest absolute Gasteiger partial charge is 0.232 e. The number of hydrogen-bond donors (Lipinski definition) is 2. The number of nitrogens with two attached hydrogens (primary N) is 1. The lowest BCUT2D eigenvalue weighted by Gasteiger charge is -2.12. The number of Topliss-reactive ketones (excluding diaryl/α,β-unsaturated/α-hetero) is 1. The van der Waals surface area contributed by atoms with Gasteiger partial charge in [-0.15, -0.1) is 0 Å². The van der Waals surface area contributed by atoms with Gasteiger partial charge in [-0.2, -0.15) is 0 Å². The third-order valence-electron chi connectivity index (χ3n) is 4.18. The Kier molecular flexibility index (Phi) is 6.46. The second-order valence-corrected chi connectivity index (χ2v) is 6.68. The lowest BCUT2D eigenvalue weighted by atomic mass is 10.0. The molecule has 0 saturated carbocycles. The third-order valence-corrected chi connectivity index (χ3v) is 4.47. The first kappa shape index (κ1) is 20.4. The molecule has 6 nitrogen and oxygen atoms in total. The summed E-state index contributed by atoms with van der Waals surface area (Å²) in [5, 5.41) is 2.96. The minimum atomic E-state index is -0.478. The highest BCUT2D eigenvalue weighted by Crippen LogP contribution is 2.33. The Hall–Kier alpha value is -3.38. The second kappa shape index (κ2) is 9.21. The molecule has 1 aromatic heterocycles. The zero-order valence-electron chi connectivity index (χ0n) is 15.8. The number of nitrogens with one attached hydrogen (secondary N) is 1. The number of rotatable bonds is 7. The Labute approximate surface area is 173 Å². The summed E-state index contributed by atoms with van der Waals surface area (Å²) in [6.45, 7) is 2.27. The maximum Gasteiger partial charge on any atom is 0.232 e. The quantitative estimate of drug-likeness (QED) is 0.338. The first-order valence-electron chi connectivity index (χ1n) is 9.03. The number of hydrogen-bond acceptors (Lipinski definition) is 5. The Morgan fingerprint density at radius 3 is 2.66 bits per heavy atom. The SMILES string of the molecule is CCOc1cc(N)c(NC(=O)CC(=O)c2cccc(-c3cccnc3)c2)cc1Cl. The highest BCUT2D eigenvalue weighted by atomic mass is 35.5. The van der Waals surface area contributed by atoms with Crippen LogP contribution in [0.5, 0.6) is 5.75 Å². The Morgan fingerprint density at radius 2 is 1.93 bits per heavy atom. The molecule has 0 radical (unpaired) electrons. The summed E-state index contributed by atoms with van der Waals surface area (Å²) in [7, 11) is 0. The van der Waals surface area contributed by atoms with E-state index in [1.54, 1.807) is 36.7 Å². The molecule has 148 valence electrons. The van der Waals surface area contributed by atoms with Crippen LogP contribution >= 0.6 is 11.6 Å². The normalized spacial score (nSPS) is 10.4. The fourth-order valence-electron chi connectivity index (χ4n) is 2.79. The molecule has 3 aromatic rings. The van der Waals surface area contributed by atoms with Crippen LogP contribution in [0.1, 0.15) is 23.7 Å². The minimum Gasteiger partial charge on any atom is -0.492 e. The van der Waals surface area contributed by atoms with E-state index in [4.69, 9.17) is 22.1 Å². The zero-order valence-corrected chi connectivity index (χ0v) is 16.6. The van der Waals surface area contributed by atoms with Gasteiger partial charge in [0.1, 0.15) is 5.75 Å². The Morgan fingerprint density at radius 1 is 1.14 bits per heavy atom. The van der Waals surface area contributed by atoms with Gasteiger partial charge in [-0.25, -0.2) is 0 Å². The van der Waals surface area contributed by atoms with Crippen LogP contribution in [0.2, 0.25) is 5.02 Å². The van der Waals surface area contributed by atoms with E-state index in [0.29, 0.717) is 34.3 Å². The largest absolute Gasteiger partial charge is 0.492 e. The highest BCUT2D eigenvalue weighted by molar-refractivity contribution is 6.32. The summed E-state index contributed by atoms with van der Waals surface area (Å²) in [6.07, 6.45) is 3.08. The average molecular weight is 410 g/mol. The number of nitrogen functional groups attached to an aromatic ring is 1. The number of benzene rings is 2. The number of aromatic nitrogens is 1. The molecule has 1 heterocycles. The molecular formula is C22H20ClN3O3. The molecule has 3 rings (SSSR count). The fraction of sp³-hybridized carbons (Fsp3) is 0.136. The first-order chi connectivity index (χ1) is 14.0. The van der Waals surface area contributed by atoms with Gasteiger partial charge in [0.15, 0.2) is 5.78 Å². The van der Waals surface area contributed by atoms with Gasteiger partial charge in [-0.05, 0) is 30.7 Å². The number of anilines is 2. The molecule has 2 aromatic carbocycles. The van der Waals surface area contributed by atoms with Gasteiger partial charge < -0.3 is 15.8 Å². The zero-order chi connectivity index (χ0) is 20.8. The van der Waals surface area contributed by atoms with E-state index in [0.717, 1.165) is 11.1 Å². The number of carbonyl (C=O) groups excluding carboxylic acids is 2. The van der Waals surface area contributed by atoms with Crippen molar-refractivity contribution >= 4 is 34.7 Å². The Bertz CT molecular complexity index is 1040. The number of halogens is 1. The van der Waals surface area contributed by atoms with Crippen LogP contribution in [0.15, 0.2) is 60.9 Å². The summed E-state index contributed by atoms with van der Waals surface area (Å²) in [4.78, 5) is 29.0. The summed E-state index contributed by atoms with van der Waals surface area (Å²) < 4.78 is 5.36. The molecule has 0 unspecified atom stereocenters.